The Morgan fingerprint density at radius 3 is 2.32 bits per heavy atom. The lowest BCUT2D eigenvalue weighted by Gasteiger charge is -2.14. The molecule has 0 saturated heterocycles. The SMILES string of the molecule is CCCCCCCCCCOCCNc1ccc(C(N)=O)cc1SC(F)(F)F. The van der Waals surface area contributed by atoms with Crippen LogP contribution in [0.15, 0.2) is 23.1 Å². The Balaban J connectivity index is 2.26. The summed E-state index contributed by atoms with van der Waals surface area (Å²) in [5, 5.41) is 2.93. The zero-order valence-corrected chi connectivity index (χ0v) is 17.3. The number of nitrogens with one attached hydrogen (secondary N) is 1. The Kier molecular flexibility index (Phi) is 12.1. The molecule has 4 nitrogen and oxygen atoms in total. The number of primary amides is 1. The molecule has 0 spiro atoms. The highest BCUT2D eigenvalue weighted by Crippen LogP contribution is 2.40. The standard InChI is InChI=1S/C20H31F3N2O2S/c1-2-3-4-5-6-7-8-9-13-27-14-12-25-17-11-10-16(19(24)26)15-18(17)28-20(21,22)23/h10-11,15,25H,2-9,12-14H2,1H3,(H2,24,26). The molecule has 1 rings (SSSR count). The Labute approximate surface area is 169 Å². The van der Waals surface area contributed by atoms with Crippen molar-refractivity contribution in [1.29, 1.82) is 0 Å². The first-order valence-electron chi connectivity index (χ1n) is 9.84. The van der Waals surface area contributed by atoms with Crippen molar-refractivity contribution in [2.45, 2.75) is 68.7 Å². The number of unbranched alkanes of at least 4 members (excludes halogenated alkanes) is 7. The molecule has 0 aromatic heterocycles. The van der Waals surface area contributed by atoms with Gasteiger partial charge in [0, 0.05) is 29.3 Å². The number of amides is 1. The second-order valence-electron chi connectivity index (χ2n) is 6.64. The third kappa shape index (κ3) is 11.4. The first kappa shape index (κ1) is 24.6. The van der Waals surface area contributed by atoms with Gasteiger partial charge >= 0.3 is 5.51 Å². The van der Waals surface area contributed by atoms with Gasteiger partial charge in [-0.15, -0.1) is 0 Å². The Bertz CT molecular complexity index is 583. The van der Waals surface area contributed by atoms with Gasteiger partial charge in [0.2, 0.25) is 5.91 Å². The zero-order chi connectivity index (χ0) is 20.8. The molecule has 0 aliphatic rings. The number of ether oxygens (including phenoxy) is 1. The van der Waals surface area contributed by atoms with Gasteiger partial charge in [-0.3, -0.25) is 4.79 Å². The maximum atomic E-state index is 12.7. The molecule has 1 amide bonds. The molecular weight excluding hydrogens is 389 g/mol. The van der Waals surface area contributed by atoms with E-state index in [1.807, 2.05) is 0 Å². The van der Waals surface area contributed by atoms with Crippen LogP contribution in [-0.4, -0.2) is 31.2 Å². The summed E-state index contributed by atoms with van der Waals surface area (Å²) >= 11 is -0.268. The van der Waals surface area contributed by atoms with Gasteiger partial charge in [0.1, 0.15) is 0 Å². The summed E-state index contributed by atoms with van der Waals surface area (Å²) in [5.41, 5.74) is 1.05. The number of rotatable bonds is 15. The average Bonchev–Trinajstić information content (AvgIpc) is 2.62. The van der Waals surface area contributed by atoms with E-state index in [0.29, 0.717) is 25.4 Å². The van der Waals surface area contributed by atoms with Gasteiger partial charge in [0.05, 0.1) is 6.61 Å². The number of hydrogen-bond acceptors (Lipinski definition) is 4. The molecule has 0 atom stereocenters. The molecule has 3 N–H and O–H groups in total. The molecule has 160 valence electrons. The van der Waals surface area contributed by atoms with Crippen molar-refractivity contribution in [2.75, 3.05) is 25.1 Å². The van der Waals surface area contributed by atoms with E-state index in [-0.39, 0.29) is 22.2 Å². The monoisotopic (exact) mass is 420 g/mol. The predicted octanol–water partition coefficient (Wildman–Crippen LogP) is 5.97. The van der Waals surface area contributed by atoms with Crippen molar-refractivity contribution in [1.82, 2.24) is 0 Å². The van der Waals surface area contributed by atoms with Gasteiger partial charge in [-0.2, -0.15) is 13.2 Å². The molecule has 0 aliphatic heterocycles. The summed E-state index contributed by atoms with van der Waals surface area (Å²) in [6.45, 7) is 3.66. The van der Waals surface area contributed by atoms with E-state index in [0.717, 1.165) is 18.9 Å². The van der Waals surface area contributed by atoms with Gasteiger partial charge in [-0.05, 0) is 36.4 Å². The van der Waals surface area contributed by atoms with Crippen molar-refractivity contribution in [3.63, 3.8) is 0 Å². The first-order valence-corrected chi connectivity index (χ1v) is 10.7. The fourth-order valence-corrected chi connectivity index (χ4v) is 3.41. The topological polar surface area (TPSA) is 64.3 Å². The van der Waals surface area contributed by atoms with E-state index >= 15 is 0 Å². The Morgan fingerprint density at radius 2 is 1.71 bits per heavy atom. The highest BCUT2D eigenvalue weighted by molar-refractivity contribution is 8.00. The molecule has 28 heavy (non-hydrogen) atoms. The van der Waals surface area contributed by atoms with Crippen LogP contribution < -0.4 is 11.1 Å². The van der Waals surface area contributed by atoms with Crippen molar-refractivity contribution >= 4 is 23.4 Å². The number of hydrogen-bond donors (Lipinski definition) is 2. The second kappa shape index (κ2) is 13.7. The number of halogens is 3. The highest BCUT2D eigenvalue weighted by Gasteiger charge is 2.30. The van der Waals surface area contributed by atoms with Gasteiger partial charge < -0.3 is 15.8 Å². The molecular formula is C20H31F3N2O2S. The summed E-state index contributed by atoms with van der Waals surface area (Å²) < 4.78 is 43.7. The number of alkyl halides is 3. The third-order valence-corrected chi connectivity index (χ3v) is 4.99. The van der Waals surface area contributed by atoms with E-state index in [2.05, 4.69) is 12.2 Å². The van der Waals surface area contributed by atoms with Crippen molar-refractivity contribution in [3.05, 3.63) is 23.8 Å². The fourth-order valence-electron chi connectivity index (χ4n) is 2.73. The minimum absolute atomic E-state index is 0.0447. The smallest absolute Gasteiger partial charge is 0.382 e. The summed E-state index contributed by atoms with van der Waals surface area (Å²) in [7, 11) is 0. The van der Waals surface area contributed by atoms with E-state index in [1.165, 1.54) is 50.7 Å². The third-order valence-electron chi connectivity index (χ3n) is 4.20. The van der Waals surface area contributed by atoms with Crippen LogP contribution in [-0.2, 0) is 4.74 Å². The molecule has 1 aromatic carbocycles. The number of carbonyl (C=O) groups excluding carboxylic acids is 1. The maximum Gasteiger partial charge on any atom is 0.446 e. The van der Waals surface area contributed by atoms with E-state index < -0.39 is 11.4 Å². The molecule has 0 radical (unpaired) electrons. The van der Waals surface area contributed by atoms with Gasteiger partial charge in [-0.25, -0.2) is 0 Å². The summed E-state index contributed by atoms with van der Waals surface area (Å²) in [5.74, 6) is -0.760. The average molecular weight is 421 g/mol. The number of thioether (sulfide) groups is 1. The van der Waals surface area contributed by atoms with Crippen LogP contribution in [0.25, 0.3) is 0 Å². The molecule has 8 heteroatoms. The molecule has 0 heterocycles. The number of anilines is 1. The largest absolute Gasteiger partial charge is 0.446 e. The van der Waals surface area contributed by atoms with Gasteiger partial charge in [0.15, 0.2) is 0 Å². The van der Waals surface area contributed by atoms with Crippen LogP contribution in [0.3, 0.4) is 0 Å². The zero-order valence-electron chi connectivity index (χ0n) is 16.4. The quantitative estimate of drug-likeness (QED) is 0.271. The van der Waals surface area contributed by atoms with E-state index in [4.69, 9.17) is 10.5 Å². The normalized spacial score (nSPS) is 11.6. The Morgan fingerprint density at radius 1 is 1.07 bits per heavy atom. The number of benzene rings is 1. The summed E-state index contributed by atoms with van der Waals surface area (Å²) in [6.07, 6.45) is 9.80. The molecule has 1 aromatic rings. The van der Waals surface area contributed by atoms with Gasteiger partial charge in [-0.1, -0.05) is 51.9 Å². The van der Waals surface area contributed by atoms with Crippen LogP contribution in [0.1, 0.15) is 68.6 Å². The Hall–Kier alpha value is -1.41. The fraction of sp³-hybridized carbons (Fsp3) is 0.650. The molecule has 0 unspecified atom stereocenters. The number of carbonyl (C=O) groups is 1. The lowest BCUT2D eigenvalue weighted by Crippen LogP contribution is -2.14. The van der Waals surface area contributed by atoms with Crippen LogP contribution in [0.2, 0.25) is 0 Å². The van der Waals surface area contributed by atoms with Crippen LogP contribution in [0.4, 0.5) is 18.9 Å². The van der Waals surface area contributed by atoms with Crippen LogP contribution in [0, 0.1) is 0 Å². The minimum atomic E-state index is -4.44. The van der Waals surface area contributed by atoms with E-state index in [9.17, 15) is 18.0 Å². The lowest BCUT2D eigenvalue weighted by atomic mass is 10.1. The van der Waals surface area contributed by atoms with Crippen molar-refractivity contribution < 1.29 is 22.7 Å². The summed E-state index contributed by atoms with van der Waals surface area (Å²) in [6, 6.07) is 4.00. The van der Waals surface area contributed by atoms with E-state index in [1.54, 1.807) is 0 Å². The van der Waals surface area contributed by atoms with Crippen molar-refractivity contribution in [3.8, 4) is 0 Å². The number of nitrogens with two attached hydrogens (primary N) is 1. The van der Waals surface area contributed by atoms with Crippen LogP contribution in [0.5, 0.6) is 0 Å². The molecule has 0 aliphatic carbocycles. The highest BCUT2D eigenvalue weighted by atomic mass is 32.2. The van der Waals surface area contributed by atoms with Gasteiger partial charge in [0.25, 0.3) is 0 Å². The predicted molar refractivity (Wildman–Crippen MR) is 109 cm³/mol. The molecule has 0 fully saturated rings. The second-order valence-corrected chi connectivity index (χ2v) is 7.74. The van der Waals surface area contributed by atoms with Crippen LogP contribution >= 0.6 is 11.8 Å². The lowest BCUT2D eigenvalue weighted by molar-refractivity contribution is -0.0328. The first-order chi connectivity index (χ1) is 13.3. The molecule has 0 bridgehead atoms. The molecule has 0 saturated carbocycles. The maximum absolute atomic E-state index is 12.7. The van der Waals surface area contributed by atoms with Crippen molar-refractivity contribution in [2.24, 2.45) is 5.73 Å². The summed E-state index contributed by atoms with van der Waals surface area (Å²) in [4.78, 5) is 11.1. The minimum Gasteiger partial charge on any atom is -0.382 e.